The van der Waals surface area contributed by atoms with E-state index in [1.165, 1.54) is 44.5 Å². The highest BCUT2D eigenvalue weighted by molar-refractivity contribution is 5.89. The summed E-state index contributed by atoms with van der Waals surface area (Å²) in [6.45, 7) is 4.39. The first-order chi connectivity index (χ1) is 16.6. The van der Waals surface area contributed by atoms with Gasteiger partial charge in [-0.05, 0) is 65.1 Å². The molecule has 1 heteroatoms. The van der Waals surface area contributed by atoms with E-state index in [2.05, 4.69) is 105 Å². The lowest BCUT2D eigenvalue weighted by Crippen LogP contribution is -2.07. The summed E-state index contributed by atoms with van der Waals surface area (Å²) in [6.07, 6.45) is 10.8. The number of hydrogen-bond donors (Lipinski definition) is 0. The minimum absolute atomic E-state index is 0.319. The van der Waals surface area contributed by atoms with Crippen molar-refractivity contribution in [3.05, 3.63) is 124 Å². The van der Waals surface area contributed by atoms with E-state index in [0.29, 0.717) is 24.5 Å². The number of hydrogen-bond acceptors (Lipinski definition) is 1. The van der Waals surface area contributed by atoms with Crippen molar-refractivity contribution in [2.24, 2.45) is 5.92 Å². The Bertz CT molecular complexity index is 1290. The van der Waals surface area contributed by atoms with Crippen LogP contribution in [0.15, 0.2) is 90.5 Å². The van der Waals surface area contributed by atoms with Gasteiger partial charge in [0.2, 0.25) is 0 Å². The second-order valence-electron chi connectivity index (χ2n) is 9.65. The molecule has 0 bridgehead atoms. The number of rotatable bonds is 8. The van der Waals surface area contributed by atoms with Gasteiger partial charge in [-0.3, -0.25) is 4.79 Å². The molecule has 1 nitrogen and oxygen atoms in total. The molecule has 2 aliphatic carbocycles. The molecule has 0 amide bonds. The van der Waals surface area contributed by atoms with Crippen LogP contribution >= 0.6 is 0 Å². The first kappa shape index (κ1) is 22.3. The largest absolute Gasteiger partial charge is 0.299 e. The number of benzene rings is 3. The molecule has 0 fully saturated rings. The van der Waals surface area contributed by atoms with E-state index in [9.17, 15) is 4.79 Å². The van der Waals surface area contributed by atoms with Crippen molar-refractivity contribution >= 4 is 23.0 Å². The fourth-order valence-electron chi connectivity index (χ4n) is 5.39. The quantitative estimate of drug-likeness (QED) is 0.344. The minimum Gasteiger partial charge on any atom is -0.299 e. The van der Waals surface area contributed by atoms with Crippen molar-refractivity contribution in [1.29, 1.82) is 0 Å². The van der Waals surface area contributed by atoms with E-state index in [-0.39, 0.29) is 0 Å². The Labute approximate surface area is 203 Å². The van der Waals surface area contributed by atoms with Gasteiger partial charge in [-0.2, -0.15) is 0 Å². The summed E-state index contributed by atoms with van der Waals surface area (Å²) >= 11 is 0. The second-order valence-corrected chi connectivity index (χ2v) is 9.65. The Morgan fingerprint density at radius 2 is 1.71 bits per heavy atom. The molecule has 0 aromatic heterocycles. The lowest BCUT2D eigenvalue weighted by Gasteiger charge is -2.18. The third kappa shape index (κ3) is 4.75. The molecule has 5 rings (SSSR count). The molecule has 0 N–H and O–H groups in total. The normalized spacial score (nSPS) is 16.6. The van der Waals surface area contributed by atoms with Crippen molar-refractivity contribution in [1.82, 2.24) is 0 Å². The van der Waals surface area contributed by atoms with Crippen molar-refractivity contribution in [3.63, 3.8) is 0 Å². The van der Waals surface area contributed by atoms with Gasteiger partial charge in [-0.1, -0.05) is 109 Å². The molecule has 0 spiro atoms. The van der Waals surface area contributed by atoms with E-state index < -0.39 is 0 Å². The molecule has 1 atom stereocenters. The zero-order valence-electron chi connectivity index (χ0n) is 20.2. The van der Waals surface area contributed by atoms with Crippen LogP contribution in [0.4, 0.5) is 0 Å². The van der Waals surface area contributed by atoms with Crippen LogP contribution in [0.5, 0.6) is 0 Å². The molecular weight excluding hydrogens is 412 g/mol. The summed E-state index contributed by atoms with van der Waals surface area (Å²) in [4.78, 5) is 12.8. The van der Waals surface area contributed by atoms with Gasteiger partial charge in [0.25, 0.3) is 0 Å². The van der Waals surface area contributed by atoms with Crippen LogP contribution in [0.3, 0.4) is 0 Å². The second kappa shape index (κ2) is 9.81. The van der Waals surface area contributed by atoms with Gasteiger partial charge < -0.3 is 0 Å². The number of ketones is 1. The van der Waals surface area contributed by atoms with Crippen LogP contribution in [-0.4, -0.2) is 5.78 Å². The standard InChI is InChI=1S/C33H32O/c1-3-32-27(16-18-33(32)26-7-5-4-6-8-26)15-17-31(34)20-24-10-13-25(14-11-24)30-21-28-12-9-23(2)19-29(28)22-30/h4-14,16,18-19,21,32H,3,15,17,20,22H2,1-2H3. The maximum Gasteiger partial charge on any atom is 0.137 e. The fourth-order valence-corrected chi connectivity index (χ4v) is 5.39. The zero-order chi connectivity index (χ0) is 23.5. The summed E-state index contributed by atoms with van der Waals surface area (Å²) in [6, 6.07) is 25.9. The summed E-state index contributed by atoms with van der Waals surface area (Å²) < 4.78 is 0. The van der Waals surface area contributed by atoms with Gasteiger partial charge in [-0.25, -0.2) is 0 Å². The minimum atomic E-state index is 0.319. The number of allylic oxidation sites excluding steroid dienone is 5. The highest BCUT2D eigenvalue weighted by Crippen LogP contribution is 2.38. The van der Waals surface area contributed by atoms with E-state index in [0.717, 1.165) is 24.8 Å². The van der Waals surface area contributed by atoms with Gasteiger partial charge >= 0.3 is 0 Å². The maximum atomic E-state index is 12.8. The van der Waals surface area contributed by atoms with Crippen molar-refractivity contribution in [2.45, 2.75) is 46.0 Å². The molecule has 0 heterocycles. The maximum absolute atomic E-state index is 12.8. The number of fused-ring (bicyclic) bond motifs is 1. The summed E-state index contributed by atoms with van der Waals surface area (Å²) in [5.74, 6) is 0.752. The van der Waals surface area contributed by atoms with Gasteiger partial charge in [0.15, 0.2) is 0 Å². The van der Waals surface area contributed by atoms with E-state index >= 15 is 0 Å². The third-order valence-corrected chi connectivity index (χ3v) is 7.24. The van der Waals surface area contributed by atoms with Crippen LogP contribution in [-0.2, 0) is 17.6 Å². The molecule has 3 aromatic rings. The van der Waals surface area contributed by atoms with Crippen LogP contribution in [0.1, 0.15) is 59.6 Å². The number of carbonyl (C=O) groups excluding carboxylic acids is 1. The molecule has 3 aromatic carbocycles. The molecule has 0 saturated carbocycles. The average Bonchev–Trinajstić information content (AvgIpc) is 3.47. The lowest BCUT2D eigenvalue weighted by atomic mass is 9.86. The van der Waals surface area contributed by atoms with E-state index in [1.54, 1.807) is 0 Å². The first-order valence-corrected chi connectivity index (χ1v) is 12.5. The predicted molar refractivity (Wildman–Crippen MR) is 143 cm³/mol. The number of Topliss-reactive ketones (excluding diaryl/α,β-unsaturated/α-hetero) is 1. The fraction of sp³-hybridized carbons (Fsp3) is 0.242. The highest BCUT2D eigenvalue weighted by atomic mass is 16.1. The summed E-state index contributed by atoms with van der Waals surface area (Å²) in [5.41, 5.74) is 11.9. The molecule has 2 aliphatic rings. The van der Waals surface area contributed by atoms with Crippen molar-refractivity contribution in [3.8, 4) is 0 Å². The molecule has 0 saturated heterocycles. The monoisotopic (exact) mass is 444 g/mol. The lowest BCUT2D eigenvalue weighted by molar-refractivity contribution is -0.118. The molecular formula is C33H32O. The smallest absolute Gasteiger partial charge is 0.137 e. The van der Waals surface area contributed by atoms with Crippen molar-refractivity contribution < 1.29 is 4.79 Å². The molecule has 0 aliphatic heterocycles. The molecule has 1 unspecified atom stereocenters. The number of aryl methyl sites for hydroxylation is 1. The Morgan fingerprint density at radius 1 is 0.912 bits per heavy atom. The highest BCUT2D eigenvalue weighted by Gasteiger charge is 2.23. The van der Waals surface area contributed by atoms with Gasteiger partial charge in [0.1, 0.15) is 5.78 Å². The van der Waals surface area contributed by atoms with Gasteiger partial charge in [-0.15, -0.1) is 0 Å². The molecule has 170 valence electrons. The SMILES string of the molecule is CCC1C(CCC(=O)Cc2ccc(C3=Cc4ccc(C)cc4C3)cc2)=CC=C1c1ccccc1. The van der Waals surface area contributed by atoms with Crippen LogP contribution in [0.2, 0.25) is 0 Å². The molecule has 34 heavy (non-hydrogen) atoms. The first-order valence-electron chi connectivity index (χ1n) is 12.5. The number of carbonyl (C=O) groups is 1. The Kier molecular flexibility index (Phi) is 6.45. The zero-order valence-corrected chi connectivity index (χ0v) is 20.2. The third-order valence-electron chi connectivity index (χ3n) is 7.24. The summed E-state index contributed by atoms with van der Waals surface area (Å²) in [5, 5.41) is 0. The van der Waals surface area contributed by atoms with Gasteiger partial charge in [0, 0.05) is 18.8 Å². The van der Waals surface area contributed by atoms with Crippen molar-refractivity contribution in [2.75, 3.05) is 0 Å². The predicted octanol–water partition coefficient (Wildman–Crippen LogP) is 8.03. The van der Waals surface area contributed by atoms with Gasteiger partial charge in [0.05, 0.1) is 0 Å². The van der Waals surface area contributed by atoms with E-state index in [1.807, 2.05) is 0 Å². The summed E-state index contributed by atoms with van der Waals surface area (Å²) in [7, 11) is 0. The average molecular weight is 445 g/mol. The Hall–Kier alpha value is -3.45. The van der Waals surface area contributed by atoms with Crippen LogP contribution < -0.4 is 0 Å². The van der Waals surface area contributed by atoms with Crippen LogP contribution in [0, 0.1) is 12.8 Å². The van der Waals surface area contributed by atoms with E-state index in [4.69, 9.17) is 0 Å². The Morgan fingerprint density at radius 3 is 2.47 bits per heavy atom. The van der Waals surface area contributed by atoms with Crippen LogP contribution in [0.25, 0.3) is 17.2 Å². The topological polar surface area (TPSA) is 17.1 Å². The molecule has 0 radical (unpaired) electrons. The Balaban J connectivity index is 1.15.